The number of carbonyl (C=O) groups excluding carboxylic acids is 3. The summed E-state index contributed by atoms with van der Waals surface area (Å²) < 4.78 is 5.03. The molecule has 0 radical (unpaired) electrons. The van der Waals surface area contributed by atoms with Crippen molar-refractivity contribution in [2.45, 2.75) is 0 Å². The summed E-state index contributed by atoms with van der Waals surface area (Å²) in [5.74, 6) is -1.90. The maximum Gasteiger partial charge on any atom is 0.325 e. The Hall–Kier alpha value is -1.69. The molecule has 1 heterocycles. The van der Waals surface area contributed by atoms with Gasteiger partial charge in [-0.15, -0.1) is 0 Å². The van der Waals surface area contributed by atoms with Crippen LogP contribution in [0.1, 0.15) is 10.4 Å². The summed E-state index contributed by atoms with van der Waals surface area (Å²) in [5.41, 5.74) is 0.723. The van der Waals surface area contributed by atoms with Crippen LogP contribution in [0.4, 0.5) is 5.69 Å². The summed E-state index contributed by atoms with van der Waals surface area (Å²) in [6.07, 6.45) is 0. The van der Waals surface area contributed by atoms with E-state index in [4.69, 9.17) is 0 Å². The molecule has 1 aromatic rings. The fourth-order valence-electron chi connectivity index (χ4n) is 1.65. The molecule has 0 bridgehead atoms. The van der Waals surface area contributed by atoms with Crippen LogP contribution in [0.5, 0.6) is 0 Å². The van der Waals surface area contributed by atoms with Gasteiger partial charge in [0.2, 0.25) is 0 Å². The monoisotopic (exact) mass is 297 g/mol. The third kappa shape index (κ3) is 1.84. The topological polar surface area (TPSA) is 63.7 Å². The Labute approximate surface area is 105 Å². The van der Waals surface area contributed by atoms with E-state index >= 15 is 0 Å². The van der Waals surface area contributed by atoms with E-state index < -0.39 is 17.7 Å². The average molecular weight is 298 g/mol. The predicted molar refractivity (Wildman–Crippen MR) is 62.8 cm³/mol. The Balaban J connectivity index is 2.45. The van der Waals surface area contributed by atoms with Crippen LogP contribution in [-0.2, 0) is 14.3 Å². The van der Waals surface area contributed by atoms with Gasteiger partial charge >= 0.3 is 5.97 Å². The molecule has 0 fully saturated rings. The maximum atomic E-state index is 11.7. The van der Waals surface area contributed by atoms with Gasteiger partial charge < -0.3 is 4.74 Å². The molecule has 5 nitrogen and oxygen atoms in total. The summed E-state index contributed by atoms with van der Waals surface area (Å²) in [4.78, 5) is 35.7. The molecule has 0 aromatic heterocycles. The molecular formula is C11H8BrNO4. The lowest BCUT2D eigenvalue weighted by Crippen LogP contribution is -2.35. The van der Waals surface area contributed by atoms with Gasteiger partial charge in [-0.2, -0.15) is 0 Å². The Morgan fingerprint density at radius 3 is 2.76 bits per heavy atom. The fourth-order valence-corrected chi connectivity index (χ4v) is 2.19. The van der Waals surface area contributed by atoms with E-state index in [1.54, 1.807) is 18.2 Å². The summed E-state index contributed by atoms with van der Waals surface area (Å²) in [7, 11) is 1.23. The minimum Gasteiger partial charge on any atom is -0.468 e. The number of anilines is 1. The molecule has 0 unspecified atom stereocenters. The van der Waals surface area contributed by atoms with Crippen molar-refractivity contribution in [1.29, 1.82) is 0 Å². The number of amides is 1. The number of carbonyl (C=O) groups is 3. The lowest BCUT2D eigenvalue weighted by molar-refractivity contribution is -0.139. The number of nitrogens with zero attached hydrogens (tertiary/aromatic N) is 1. The quantitative estimate of drug-likeness (QED) is 0.607. The molecule has 17 heavy (non-hydrogen) atoms. The van der Waals surface area contributed by atoms with Crippen LogP contribution in [0.15, 0.2) is 22.7 Å². The van der Waals surface area contributed by atoms with Crippen LogP contribution in [0.2, 0.25) is 0 Å². The summed E-state index contributed by atoms with van der Waals surface area (Å²) in [6, 6.07) is 4.98. The van der Waals surface area contributed by atoms with Gasteiger partial charge in [0.15, 0.2) is 0 Å². The highest BCUT2D eigenvalue weighted by Crippen LogP contribution is 2.33. The van der Waals surface area contributed by atoms with E-state index in [9.17, 15) is 14.4 Å². The molecule has 0 atom stereocenters. The van der Waals surface area contributed by atoms with Crippen LogP contribution in [0, 0.1) is 0 Å². The van der Waals surface area contributed by atoms with E-state index in [1.807, 2.05) is 0 Å². The molecule has 0 saturated heterocycles. The number of benzene rings is 1. The molecule has 0 saturated carbocycles. The molecule has 6 heteroatoms. The lowest BCUT2D eigenvalue weighted by Gasteiger charge is -2.14. The SMILES string of the molecule is COC(=O)CN1C(=O)C(=O)c2c(Br)cccc21. The number of fused-ring (bicyclic) bond motifs is 1. The van der Waals surface area contributed by atoms with Gasteiger partial charge in [-0.3, -0.25) is 19.3 Å². The zero-order chi connectivity index (χ0) is 12.6. The molecule has 0 N–H and O–H groups in total. The molecule has 88 valence electrons. The Kier molecular flexibility index (Phi) is 2.97. The normalized spacial score (nSPS) is 13.9. The number of methoxy groups -OCH3 is 1. The number of halogens is 1. The van der Waals surface area contributed by atoms with Crippen molar-refractivity contribution >= 4 is 39.3 Å². The van der Waals surface area contributed by atoms with E-state index in [0.717, 1.165) is 4.90 Å². The number of ketones is 1. The molecule has 2 rings (SSSR count). The predicted octanol–water partition coefficient (Wildman–Crippen LogP) is 1.15. The Bertz CT molecular complexity index is 526. The number of hydrogen-bond donors (Lipinski definition) is 0. The smallest absolute Gasteiger partial charge is 0.325 e. The second-order valence-corrected chi connectivity index (χ2v) is 4.28. The summed E-state index contributed by atoms with van der Waals surface area (Å²) >= 11 is 3.21. The van der Waals surface area contributed by atoms with Gasteiger partial charge in [-0.05, 0) is 28.1 Å². The number of rotatable bonds is 2. The zero-order valence-corrected chi connectivity index (χ0v) is 10.5. The van der Waals surface area contributed by atoms with Crippen molar-refractivity contribution in [2.75, 3.05) is 18.6 Å². The lowest BCUT2D eigenvalue weighted by atomic mass is 10.1. The molecule has 1 aliphatic rings. The van der Waals surface area contributed by atoms with E-state index in [-0.39, 0.29) is 6.54 Å². The molecule has 1 aromatic carbocycles. The van der Waals surface area contributed by atoms with Gasteiger partial charge in [0.1, 0.15) is 6.54 Å². The van der Waals surface area contributed by atoms with Gasteiger partial charge in [0, 0.05) is 4.47 Å². The third-order valence-electron chi connectivity index (χ3n) is 2.46. The van der Waals surface area contributed by atoms with E-state index in [2.05, 4.69) is 20.7 Å². The first kappa shape index (κ1) is 11.8. The number of hydrogen-bond acceptors (Lipinski definition) is 4. The molecular weight excluding hydrogens is 290 g/mol. The molecule has 0 aliphatic carbocycles. The van der Waals surface area contributed by atoms with E-state index in [0.29, 0.717) is 15.7 Å². The Morgan fingerprint density at radius 1 is 1.41 bits per heavy atom. The largest absolute Gasteiger partial charge is 0.468 e. The van der Waals surface area contributed by atoms with Gasteiger partial charge in [0.25, 0.3) is 11.7 Å². The van der Waals surface area contributed by atoms with Gasteiger partial charge in [-0.1, -0.05) is 6.07 Å². The van der Waals surface area contributed by atoms with Gasteiger partial charge in [-0.25, -0.2) is 0 Å². The van der Waals surface area contributed by atoms with Crippen LogP contribution in [0.3, 0.4) is 0 Å². The van der Waals surface area contributed by atoms with Crippen LogP contribution < -0.4 is 4.90 Å². The van der Waals surface area contributed by atoms with Crippen molar-refractivity contribution < 1.29 is 19.1 Å². The number of Topliss-reactive ketones (excluding diaryl/α,β-unsaturated/α-hetero) is 1. The zero-order valence-electron chi connectivity index (χ0n) is 8.90. The van der Waals surface area contributed by atoms with Crippen molar-refractivity contribution in [1.82, 2.24) is 0 Å². The number of ether oxygens (including phenoxy) is 1. The van der Waals surface area contributed by atoms with E-state index in [1.165, 1.54) is 7.11 Å². The second kappa shape index (κ2) is 4.29. The Morgan fingerprint density at radius 2 is 2.12 bits per heavy atom. The molecule has 1 amide bonds. The fraction of sp³-hybridized carbons (Fsp3) is 0.182. The minimum absolute atomic E-state index is 0.259. The highest BCUT2D eigenvalue weighted by atomic mass is 79.9. The highest BCUT2D eigenvalue weighted by Gasteiger charge is 2.38. The summed E-state index contributed by atoms with van der Waals surface area (Å²) in [5, 5.41) is 0. The summed E-state index contributed by atoms with van der Waals surface area (Å²) in [6.45, 7) is -0.259. The third-order valence-corrected chi connectivity index (χ3v) is 3.12. The van der Waals surface area contributed by atoms with Crippen molar-refractivity contribution in [3.8, 4) is 0 Å². The molecule has 0 spiro atoms. The van der Waals surface area contributed by atoms with Crippen LogP contribution >= 0.6 is 15.9 Å². The standard InChI is InChI=1S/C11H8BrNO4/c1-17-8(14)5-13-7-4-2-3-6(12)9(7)10(15)11(13)16/h2-4H,5H2,1H3. The van der Waals surface area contributed by atoms with Crippen LogP contribution in [-0.4, -0.2) is 31.3 Å². The highest BCUT2D eigenvalue weighted by molar-refractivity contribution is 9.10. The minimum atomic E-state index is -0.711. The van der Waals surface area contributed by atoms with Gasteiger partial charge in [0.05, 0.1) is 18.4 Å². The second-order valence-electron chi connectivity index (χ2n) is 3.43. The van der Waals surface area contributed by atoms with Crippen molar-refractivity contribution in [3.05, 3.63) is 28.2 Å². The average Bonchev–Trinajstić information content (AvgIpc) is 2.55. The first-order valence-corrected chi connectivity index (χ1v) is 5.57. The maximum absolute atomic E-state index is 11.7. The van der Waals surface area contributed by atoms with Crippen molar-refractivity contribution in [3.63, 3.8) is 0 Å². The number of esters is 1. The van der Waals surface area contributed by atoms with Crippen molar-refractivity contribution in [2.24, 2.45) is 0 Å². The first-order valence-electron chi connectivity index (χ1n) is 4.77. The molecule has 1 aliphatic heterocycles. The first-order chi connectivity index (χ1) is 8.06. The van der Waals surface area contributed by atoms with Crippen LogP contribution in [0.25, 0.3) is 0 Å².